The molecule has 2 fully saturated rings. The van der Waals surface area contributed by atoms with Gasteiger partial charge in [-0.15, -0.1) is 0 Å². The Morgan fingerprint density at radius 3 is 2.43 bits per heavy atom. The number of amides is 2. The lowest BCUT2D eigenvalue weighted by Gasteiger charge is -2.31. The Bertz CT molecular complexity index is 985. The SMILES string of the molecule is Cn1c(C2CCN(C(=O)C3CC3)CC2)nn(CC(=O)NCc2ccc(F)cc2)c1=O. The lowest BCUT2D eigenvalue weighted by molar-refractivity contribution is -0.133. The molecule has 8 nitrogen and oxygen atoms in total. The fourth-order valence-electron chi connectivity index (χ4n) is 3.90. The van der Waals surface area contributed by atoms with Gasteiger partial charge in [0.15, 0.2) is 0 Å². The number of carbonyl (C=O) groups excluding carboxylic acids is 2. The van der Waals surface area contributed by atoms with Gasteiger partial charge in [-0.2, -0.15) is 5.10 Å². The number of piperidine rings is 1. The maximum Gasteiger partial charge on any atom is 0.346 e. The van der Waals surface area contributed by atoms with Crippen LogP contribution in [0.25, 0.3) is 0 Å². The van der Waals surface area contributed by atoms with Crippen LogP contribution in [-0.4, -0.2) is 44.2 Å². The summed E-state index contributed by atoms with van der Waals surface area (Å²) in [6.45, 7) is 1.44. The zero-order valence-corrected chi connectivity index (χ0v) is 17.0. The number of hydrogen-bond acceptors (Lipinski definition) is 4. The van der Waals surface area contributed by atoms with E-state index in [-0.39, 0.29) is 48.2 Å². The molecule has 2 aromatic rings. The summed E-state index contributed by atoms with van der Waals surface area (Å²) >= 11 is 0. The Hall–Kier alpha value is -2.97. The van der Waals surface area contributed by atoms with E-state index in [1.165, 1.54) is 21.4 Å². The van der Waals surface area contributed by atoms with Crippen molar-refractivity contribution in [1.82, 2.24) is 24.6 Å². The third-order valence-electron chi connectivity index (χ3n) is 5.87. The van der Waals surface area contributed by atoms with Gasteiger partial charge in [-0.05, 0) is 43.4 Å². The number of carbonyl (C=O) groups is 2. The van der Waals surface area contributed by atoms with E-state index in [2.05, 4.69) is 10.4 Å². The smallest absolute Gasteiger partial charge is 0.346 e. The molecule has 1 aromatic heterocycles. The van der Waals surface area contributed by atoms with Gasteiger partial charge in [0.2, 0.25) is 11.8 Å². The zero-order chi connectivity index (χ0) is 21.3. The predicted molar refractivity (Wildman–Crippen MR) is 107 cm³/mol. The molecule has 1 aromatic carbocycles. The van der Waals surface area contributed by atoms with Crippen LogP contribution in [0.4, 0.5) is 4.39 Å². The van der Waals surface area contributed by atoms with Gasteiger partial charge in [-0.1, -0.05) is 12.1 Å². The van der Waals surface area contributed by atoms with E-state index in [1.54, 1.807) is 19.2 Å². The van der Waals surface area contributed by atoms with Crippen molar-refractivity contribution in [3.05, 3.63) is 52.0 Å². The van der Waals surface area contributed by atoms with E-state index >= 15 is 0 Å². The molecule has 1 aliphatic heterocycles. The molecule has 30 heavy (non-hydrogen) atoms. The number of likely N-dealkylation sites (tertiary alicyclic amines) is 1. The minimum Gasteiger partial charge on any atom is -0.350 e. The monoisotopic (exact) mass is 415 g/mol. The zero-order valence-electron chi connectivity index (χ0n) is 17.0. The third kappa shape index (κ3) is 4.44. The second-order valence-corrected chi connectivity index (χ2v) is 8.13. The minimum atomic E-state index is -0.337. The second kappa shape index (κ2) is 8.41. The van der Waals surface area contributed by atoms with Gasteiger partial charge in [-0.3, -0.25) is 14.2 Å². The highest BCUT2D eigenvalue weighted by molar-refractivity contribution is 5.81. The fraction of sp³-hybridized carbons (Fsp3) is 0.524. The molecule has 160 valence electrons. The summed E-state index contributed by atoms with van der Waals surface area (Å²) in [4.78, 5) is 38.9. The highest BCUT2D eigenvalue weighted by Crippen LogP contribution is 2.33. The molecular formula is C21H26FN5O3. The molecule has 0 radical (unpaired) electrons. The maximum atomic E-state index is 13.0. The Labute approximate surface area is 173 Å². The molecule has 2 amide bonds. The first-order valence-electron chi connectivity index (χ1n) is 10.4. The van der Waals surface area contributed by atoms with Crippen molar-refractivity contribution in [3.8, 4) is 0 Å². The number of rotatable bonds is 6. The molecule has 2 aliphatic rings. The summed E-state index contributed by atoms with van der Waals surface area (Å²) in [5.74, 6) is 0.555. The summed E-state index contributed by atoms with van der Waals surface area (Å²) in [5, 5.41) is 7.13. The first-order valence-corrected chi connectivity index (χ1v) is 10.4. The number of nitrogens with one attached hydrogen (secondary N) is 1. The number of hydrogen-bond donors (Lipinski definition) is 1. The van der Waals surface area contributed by atoms with E-state index in [9.17, 15) is 18.8 Å². The lowest BCUT2D eigenvalue weighted by atomic mass is 9.95. The van der Waals surface area contributed by atoms with Crippen molar-refractivity contribution < 1.29 is 14.0 Å². The highest BCUT2D eigenvalue weighted by Gasteiger charge is 2.36. The molecule has 1 saturated carbocycles. The Morgan fingerprint density at radius 1 is 1.13 bits per heavy atom. The normalized spacial score (nSPS) is 17.2. The van der Waals surface area contributed by atoms with Crippen LogP contribution < -0.4 is 11.0 Å². The minimum absolute atomic E-state index is 0.0921. The van der Waals surface area contributed by atoms with Crippen molar-refractivity contribution in [3.63, 3.8) is 0 Å². The van der Waals surface area contributed by atoms with Gasteiger partial charge in [0, 0.05) is 38.5 Å². The van der Waals surface area contributed by atoms with Crippen LogP contribution in [0.3, 0.4) is 0 Å². The summed E-state index contributed by atoms with van der Waals surface area (Å²) < 4.78 is 15.6. The Balaban J connectivity index is 1.34. The first kappa shape index (κ1) is 20.3. The average Bonchev–Trinajstić information content (AvgIpc) is 3.56. The molecule has 0 unspecified atom stereocenters. The van der Waals surface area contributed by atoms with E-state index in [1.807, 2.05) is 4.90 Å². The predicted octanol–water partition coefficient (Wildman–Crippen LogP) is 1.15. The highest BCUT2D eigenvalue weighted by atomic mass is 19.1. The van der Waals surface area contributed by atoms with Crippen LogP contribution in [0, 0.1) is 11.7 Å². The summed E-state index contributed by atoms with van der Waals surface area (Å²) in [6.07, 6.45) is 3.53. The van der Waals surface area contributed by atoms with Crippen molar-refractivity contribution in [2.75, 3.05) is 13.1 Å². The molecule has 1 saturated heterocycles. The van der Waals surface area contributed by atoms with Gasteiger partial charge >= 0.3 is 5.69 Å². The summed E-state index contributed by atoms with van der Waals surface area (Å²) in [5.41, 5.74) is 0.435. The number of aromatic nitrogens is 3. The van der Waals surface area contributed by atoms with Gasteiger partial charge in [0.05, 0.1) is 0 Å². The van der Waals surface area contributed by atoms with E-state index < -0.39 is 0 Å². The van der Waals surface area contributed by atoms with Crippen molar-refractivity contribution in [2.45, 2.75) is 44.7 Å². The molecule has 4 rings (SSSR count). The molecule has 2 heterocycles. The topological polar surface area (TPSA) is 89.2 Å². The van der Waals surface area contributed by atoms with Gasteiger partial charge in [0.1, 0.15) is 18.2 Å². The van der Waals surface area contributed by atoms with Gasteiger partial charge in [0.25, 0.3) is 0 Å². The van der Waals surface area contributed by atoms with E-state index in [0.717, 1.165) is 31.2 Å². The standard InChI is InChI=1S/C21H26FN5O3/c1-25-19(15-8-10-26(11-9-15)20(29)16-4-5-16)24-27(21(25)30)13-18(28)23-12-14-2-6-17(22)7-3-14/h2-3,6-7,15-16H,4-5,8-13H2,1H3,(H,23,28). The second-order valence-electron chi connectivity index (χ2n) is 8.13. The molecule has 1 aliphatic carbocycles. The molecule has 0 spiro atoms. The third-order valence-corrected chi connectivity index (χ3v) is 5.87. The van der Waals surface area contributed by atoms with Crippen LogP contribution in [0.15, 0.2) is 29.1 Å². The lowest BCUT2D eigenvalue weighted by Crippen LogP contribution is -2.39. The molecule has 0 atom stereocenters. The number of halogens is 1. The van der Waals surface area contributed by atoms with Crippen molar-refractivity contribution in [2.24, 2.45) is 13.0 Å². The summed E-state index contributed by atoms with van der Waals surface area (Å²) in [6, 6.07) is 5.86. The van der Waals surface area contributed by atoms with E-state index in [4.69, 9.17) is 0 Å². The van der Waals surface area contributed by atoms with Crippen molar-refractivity contribution in [1.29, 1.82) is 0 Å². The van der Waals surface area contributed by atoms with E-state index in [0.29, 0.717) is 18.9 Å². The largest absolute Gasteiger partial charge is 0.350 e. The number of benzene rings is 1. The Morgan fingerprint density at radius 2 is 1.80 bits per heavy atom. The maximum absolute atomic E-state index is 13.0. The average molecular weight is 415 g/mol. The van der Waals surface area contributed by atoms with Crippen LogP contribution in [0.2, 0.25) is 0 Å². The quantitative estimate of drug-likeness (QED) is 0.767. The fourth-order valence-corrected chi connectivity index (χ4v) is 3.90. The molecular weight excluding hydrogens is 389 g/mol. The molecule has 1 N–H and O–H groups in total. The van der Waals surface area contributed by atoms with Crippen LogP contribution >= 0.6 is 0 Å². The van der Waals surface area contributed by atoms with Crippen LogP contribution in [-0.2, 0) is 29.7 Å². The molecule has 0 bridgehead atoms. The summed E-state index contributed by atoms with van der Waals surface area (Å²) in [7, 11) is 1.67. The van der Waals surface area contributed by atoms with Crippen LogP contribution in [0.1, 0.15) is 43.0 Å². The first-order chi connectivity index (χ1) is 14.4. The van der Waals surface area contributed by atoms with Crippen LogP contribution in [0.5, 0.6) is 0 Å². The van der Waals surface area contributed by atoms with Gasteiger partial charge < -0.3 is 10.2 Å². The number of nitrogens with zero attached hydrogens (tertiary/aromatic N) is 4. The molecule has 9 heteroatoms. The van der Waals surface area contributed by atoms with Gasteiger partial charge in [-0.25, -0.2) is 13.9 Å². The Kier molecular flexibility index (Phi) is 5.69. The van der Waals surface area contributed by atoms with Crippen molar-refractivity contribution >= 4 is 11.8 Å².